The highest BCUT2D eigenvalue weighted by Gasteiger charge is 2.25. The SMILES string of the molecule is C=CCCCC(=O)N1CCCC(C(C)N)C1. The van der Waals surface area contributed by atoms with E-state index in [1.54, 1.807) is 0 Å². The Balaban J connectivity index is 2.34. The zero-order chi connectivity index (χ0) is 12.0. The Morgan fingerprint density at radius 1 is 1.69 bits per heavy atom. The maximum atomic E-state index is 11.9. The fourth-order valence-corrected chi connectivity index (χ4v) is 2.22. The fraction of sp³-hybridized carbons (Fsp3) is 0.769. The molecule has 2 unspecified atom stereocenters. The second kappa shape index (κ2) is 6.69. The molecule has 1 amide bonds. The lowest BCUT2D eigenvalue weighted by Gasteiger charge is -2.34. The van der Waals surface area contributed by atoms with Crippen molar-refractivity contribution in [3.8, 4) is 0 Å². The summed E-state index contributed by atoms with van der Waals surface area (Å²) in [7, 11) is 0. The van der Waals surface area contributed by atoms with Crippen LogP contribution < -0.4 is 5.73 Å². The predicted molar refractivity (Wildman–Crippen MR) is 67.0 cm³/mol. The Labute approximate surface area is 98.7 Å². The van der Waals surface area contributed by atoms with Crippen molar-refractivity contribution < 1.29 is 4.79 Å². The van der Waals surface area contributed by atoms with Crippen LogP contribution in [0.2, 0.25) is 0 Å². The number of hydrogen-bond donors (Lipinski definition) is 1. The van der Waals surface area contributed by atoms with E-state index in [0.717, 1.165) is 38.8 Å². The lowest BCUT2D eigenvalue weighted by Crippen LogP contribution is -2.44. The van der Waals surface area contributed by atoms with Crippen LogP contribution in [0.5, 0.6) is 0 Å². The summed E-state index contributed by atoms with van der Waals surface area (Å²) in [5, 5.41) is 0. The van der Waals surface area contributed by atoms with Crippen molar-refractivity contribution in [1.29, 1.82) is 0 Å². The van der Waals surface area contributed by atoms with Crippen molar-refractivity contribution in [2.24, 2.45) is 11.7 Å². The van der Waals surface area contributed by atoms with Gasteiger partial charge in [0, 0.05) is 25.6 Å². The summed E-state index contributed by atoms with van der Waals surface area (Å²) in [6, 6.07) is 0.198. The van der Waals surface area contributed by atoms with Gasteiger partial charge < -0.3 is 10.6 Å². The second-order valence-electron chi connectivity index (χ2n) is 4.78. The highest BCUT2D eigenvalue weighted by atomic mass is 16.2. The average Bonchev–Trinajstić information content (AvgIpc) is 2.29. The normalized spacial score (nSPS) is 22.9. The van der Waals surface area contributed by atoms with Gasteiger partial charge >= 0.3 is 0 Å². The number of likely N-dealkylation sites (tertiary alicyclic amines) is 1. The topological polar surface area (TPSA) is 46.3 Å². The van der Waals surface area contributed by atoms with Crippen LogP contribution in [-0.2, 0) is 4.79 Å². The molecule has 92 valence electrons. The van der Waals surface area contributed by atoms with Crippen molar-refractivity contribution in [3.63, 3.8) is 0 Å². The zero-order valence-corrected chi connectivity index (χ0v) is 10.3. The summed E-state index contributed by atoms with van der Waals surface area (Å²) in [5.74, 6) is 0.768. The monoisotopic (exact) mass is 224 g/mol. The molecular weight excluding hydrogens is 200 g/mol. The number of amides is 1. The number of unbranched alkanes of at least 4 members (excludes halogenated alkanes) is 1. The minimum absolute atomic E-state index is 0.198. The smallest absolute Gasteiger partial charge is 0.222 e. The number of carbonyl (C=O) groups excluding carboxylic acids is 1. The first-order valence-electron chi connectivity index (χ1n) is 6.29. The molecule has 3 heteroatoms. The molecule has 0 bridgehead atoms. The quantitative estimate of drug-likeness (QED) is 0.573. The van der Waals surface area contributed by atoms with Crippen LogP contribution in [0.15, 0.2) is 12.7 Å². The highest BCUT2D eigenvalue weighted by molar-refractivity contribution is 5.76. The number of rotatable bonds is 5. The summed E-state index contributed by atoms with van der Waals surface area (Å²) >= 11 is 0. The van der Waals surface area contributed by atoms with Gasteiger partial charge in [-0.2, -0.15) is 0 Å². The Bertz CT molecular complexity index is 238. The molecule has 16 heavy (non-hydrogen) atoms. The van der Waals surface area contributed by atoms with Crippen LogP contribution >= 0.6 is 0 Å². The van der Waals surface area contributed by atoms with Gasteiger partial charge in [0.1, 0.15) is 0 Å². The lowest BCUT2D eigenvalue weighted by atomic mass is 9.92. The second-order valence-corrected chi connectivity index (χ2v) is 4.78. The van der Waals surface area contributed by atoms with Crippen LogP contribution in [0.3, 0.4) is 0 Å². The third-order valence-electron chi connectivity index (χ3n) is 3.35. The first-order chi connectivity index (χ1) is 7.65. The molecule has 0 spiro atoms. The van der Waals surface area contributed by atoms with Crippen LogP contribution in [0.4, 0.5) is 0 Å². The molecule has 0 saturated carbocycles. The van der Waals surface area contributed by atoms with Gasteiger partial charge in [-0.3, -0.25) is 4.79 Å². The van der Waals surface area contributed by atoms with Gasteiger partial charge in [0.25, 0.3) is 0 Å². The molecule has 1 aliphatic rings. The molecule has 0 aromatic rings. The molecule has 2 N–H and O–H groups in total. The van der Waals surface area contributed by atoms with Crippen LogP contribution in [0.1, 0.15) is 39.0 Å². The molecule has 1 rings (SSSR count). The van der Waals surface area contributed by atoms with E-state index in [1.807, 2.05) is 17.9 Å². The minimum Gasteiger partial charge on any atom is -0.342 e. The van der Waals surface area contributed by atoms with Crippen molar-refractivity contribution in [2.75, 3.05) is 13.1 Å². The van der Waals surface area contributed by atoms with E-state index in [-0.39, 0.29) is 11.9 Å². The summed E-state index contributed by atoms with van der Waals surface area (Å²) < 4.78 is 0. The molecule has 1 heterocycles. The van der Waals surface area contributed by atoms with Crippen LogP contribution in [-0.4, -0.2) is 29.9 Å². The molecular formula is C13H24N2O. The van der Waals surface area contributed by atoms with Crippen LogP contribution in [0.25, 0.3) is 0 Å². The number of allylic oxidation sites excluding steroid dienone is 1. The first kappa shape index (κ1) is 13.2. The van der Waals surface area contributed by atoms with E-state index in [9.17, 15) is 4.79 Å². The van der Waals surface area contributed by atoms with E-state index >= 15 is 0 Å². The summed E-state index contributed by atoms with van der Waals surface area (Å²) in [6.45, 7) is 7.47. The molecule has 2 atom stereocenters. The summed E-state index contributed by atoms with van der Waals surface area (Å²) in [6.07, 6.45) is 6.62. The Hall–Kier alpha value is -0.830. The number of piperidine rings is 1. The summed E-state index contributed by atoms with van der Waals surface area (Å²) in [4.78, 5) is 13.9. The predicted octanol–water partition coefficient (Wildman–Crippen LogP) is 1.93. The summed E-state index contributed by atoms with van der Waals surface area (Å²) in [5.41, 5.74) is 5.90. The van der Waals surface area contributed by atoms with Crippen molar-refractivity contribution in [1.82, 2.24) is 4.90 Å². The molecule has 1 fully saturated rings. The van der Waals surface area contributed by atoms with E-state index in [2.05, 4.69) is 6.58 Å². The van der Waals surface area contributed by atoms with E-state index in [4.69, 9.17) is 5.73 Å². The van der Waals surface area contributed by atoms with Gasteiger partial charge in [0.05, 0.1) is 0 Å². The van der Waals surface area contributed by atoms with Crippen molar-refractivity contribution in [3.05, 3.63) is 12.7 Å². The largest absolute Gasteiger partial charge is 0.342 e. The van der Waals surface area contributed by atoms with Gasteiger partial charge in [-0.1, -0.05) is 6.08 Å². The van der Waals surface area contributed by atoms with Gasteiger partial charge in [0.15, 0.2) is 0 Å². The number of carbonyl (C=O) groups is 1. The van der Waals surface area contributed by atoms with Gasteiger partial charge in [-0.05, 0) is 38.5 Å². The van der Waals surface area contributed by atoms with Gasteiger partial charge in [-0.25, -0.2) is 0 Å². The average molecular weight is 224 g/mol. The Morgan fingerprint density at radius 2 is 2.44 bits per heavy atom. The third-order valence-corrected chi connectivity index (χ3v) is 3.35. The Morgan fingerprint density at radius 3 is 3.06 bits per heavy atom. The lowest BCUT2D eigenvalue weighted by molar-refractivity contribution is -0.133. The molecule has 0 aromatic carbocycles. The molecule has 0 aliphatic carbocycles. The van der Waals surface area contributed by atoms with Gasteiger partial charge in [0.2, 0.25) is 5.91 Å². The fourth-order valence-electron chi connectivity index (χ4n) is 2.22. The molecule has 1 saturated heterocycles. The first-order valence-corrected chi connectivity index (χ1v) is 6.29. The third kappa shape index (κ3) is 3.97. The van der Waals surface area contributed by atoms with E-state index in [1.165, 1.54) is 0 Å². The Kier molecular flexibility index (Phi) is 5.53. The van der Waals surface area contributed by atoms with E-state index < -0.39 is 0 Å². The molecule has 0 aromatic heterocycles. The molecule has 1 aliphatic heterocycles. The molecule has 3 nitrogen and oxygen atoms in total. The number of nitrogens with zero attached hydrogens (tertiary/aromatic N) is 1. The standard InChI is InChI=1S/C13H24N2O/c1-3-4-5-8-13(16)15-9-6-7-12(10-15)11(2)14/h3,11-12H,1,4-10,14H2,2H3. The maximum Gasteiger partial charge on any atom is 0.222 e. The zero-order valence-electron chi connectivity index (χ0n) is 10.3. The molecule has 0 radical (unpaired) electrons. The van der Waals surface area contributed by atoms with Crippen LogP contribution in [0, 0.1) is 5.92 Å². The highest BCUT2D eigenvalue weighted by Crippen LogP contribution is 2.19. The van der Waals surface area contributed by atoms with Crippen molar-refractivity contribution in [2.45, 2.75) is 45.1 Å². The maximum absolute atomic E-state index is 11.9. The number of nitrogens with two attached hydrogens (primary N) is 1. The minimum atomic E-state index is 0.198. The van der Waals surface area contributed by atoms with Crippen molar-refractivity contribution >= 4 is 5.91 Å². The van der Waals surface area contributed by atoms with Gasteiger partial charge in [-0.15, -0.1) is 6.58 Å². The number of hydrogen-bond acceptors (Lipinski definition) is 2. The van der Waals surface area contributed by atoms with E-state index in [0.29, 0.717) is 12.3 Å².